The van der Waals surface area contributed by atoms with Crippen molar-refractivity contribution < 1.29 is 23.9 Å². The van der Waals surface area contributed by atoms with Gasteiger partial charge in [0.1, 0.15) is 6.54 Å². The second-order valence-corrected chi connectivity index (χ2v) is 7.69. The maximum absolute atomic E-state index is 12.2. The molecule has 29 heavy (non-hydrogen) atoms. The Morgan fingerprint density at radius 2 is 1.69 bits per heavy atom. The minimum absolute atomic E-state index is 0.0919. The molecular weight excluding hydrogens is 416 g/mol. The number of carbonyl (C=O) groups is 4. The van der Waals surface area contributed by atoms with Crippen LogP contribution in [0.5, 0.6) is 0 Å². The topological polar surface area (TPSA) is 92.8 Å². The molecule has 0 radical (unpaired) electrons. The van der Waals surface area contributed by atoms with Crippen LogP contribution in [0.15, 0.2) is 58.3 Å². The lowest BCUT2D eigenvalue weighted by atomic mass is 10.3. The molecule has 1 heterocycles. The van der Waals surface area contributed by atoms with Crippen LogP contribution in [0.2, 0.25) is 5.02 Å². The van der Waals surface area contributed by atoms with Crippen molar-refractivity contribution in [3.63, 3.8) is 0 Å². The van der Waals surface area contributed by atoms with Gasteiger partial charge in [-0.2, -0.15) is 0 Å². The fourth-order valence-corrected chi connectivity index (χ4v) is 3.62. The predicted octanol–water partition coefficient (Wildman–Crippen LogP) is 3.12. The number of para-hydroxylation sites is 1. The van der Waals surface area contributed by atoms with E-state index in [0.29, 0.717) is 10.7 Å². The number of hydrogen-bond acceptors (Lipinski definition) is 6. The minimum Gasteiger partial charge on any atom is -0.454 e. The summed E-state index contributed by atoms with van der Waals surface area (Å²) < 4.78 is 4.89. The highest BCUT2D eigenvalue weighted by Crippen LogP contribution is 2.33. The van der Waals surface area contributed by atoms with Crippen molar-refractivity contribution in [2.75, 3.05) is 18.5 Å². The summed E-state index contributed by atoms with van der Waals surface area (Å²) in [5.74, 6) is -2.16. The quantitative estimate of drug-likeness (QED) is 0.533. The van der Waals surface area contributed by atoms with E-state index in [9.17, 15) is 19.2 Å². The molecule has 1 saturated heterocycles. The Bertz CT molecular complexity index is 932. The zero-order valence-corrected chi connectivity index (χ0v) is 16.8. The summed E-state index contributed by atoms with van der Waals surface area (Å²) in [4.78, 5) is 49.6. The van der Waals surface area contributed by atoms with Crippen LogP contribution in [-0.4, -0.2) is 41.7 Å². The second-order valence-electron chi connectivity index (χ2n) is 6.13. The Balaban J connectivity index is 1.54. The number of benzene rings is 2. The molecule has 7 nitrogen and oxygen atoms in total. The van der Waals surface area contributed by atoms with Crippen LogP contribution in [0.1, 0.15) is 12.8 Å². The fraction of sp³-hybridized carbons (Fsp3) is 0.200. The van der Waals surface area contributed by atoms with E-state index in [1.807, 2.05) is 24.3 Å². The molecule has 0 aromatic heterocycles. The van der Waals surface area contributed by atoms with E-state index in [4.69, 9.17) is 16.3 Å². The standard InChI is InChI=1S/C20H17ClN2O5S/c21-13-5-7-14(8-6-13)29-16-4-2-1-3-15(16)22-17(24)12-28-20(27)11-23-18(25)9-10-19(23)26/h1-8H,9-12H2,(H,22,24). The number of hydrogen-bond donors (Lipinski definition) is 1. The molecule has 0 spiro atoms. The molecule has 0 bridgehead atoms. The number of halogens is 1. The van der Waals surface area contributed by atoms with Gasteiger partial charge >= 0.3 is 5.97 Å². The van der Waals surface area contributed by atoms with Gasteiger partial charge in [-0.1, -0.05) is 35.5 Å². The molecule has 2 aromatic carbocycles. The number of nitrogens with zero attached hydrogens (tertiary/aromatic N) is 1. The maximum Gasteiger partial charge on any atom is 0.326 e. The lowest BCUT2D eigenvalue weighted by Gasteiger charge is -2.13. The molecule has 3 rings (SSSR count). The maximum atomic E-state index is 12.2. The van der Waals surface area contributed by atoms with Crippen molar-refractivity contribution in [3.05, 3.63) is 53.6 Å². The van der Waals surface area contributed by atoms with E-state index in [1.165, 1.54) is 11.8 Å². The first-order chi connectivity index (χ1) is 13.9. The SMILES string of the molecule is O=C(COC(=O)CN1C(=O)CCC1=O)Nc1ccccc1Sc1ccc(Cl)cc1. The zero-order chi connectivity index (χ0) is 20.8. The van der Waals surface area contributed by atoms with E-state index in [1.54, 1.807) is 24.3 Å². The molecule has 1 N–H and O–H groups in total. The largest absolute Gasteiger partial charge is 0.454 e. The predicted molar refractivity (Wildman–Crippen MR) is 108 cm³/mol. The summed E-state index contributed by atoms with van der Waals surface area (Å²) in [5, 5.41) is 3.33. The van der Waals surface area contributed by atoms with Crippen LogP contribution in [-0.2, 0) is 23.9 Å². The van der Waals surface area contributed by atoms with Crippen molar-refractivity contribution in [2.24, 2.45) is 0 Å². The van der Waals surface area contributed by atoms with Gasteiger partial charge in [0.15, 0.2) is 6.61 Å². The molecule has 0 aliphatic carbocycles. The lowest BCUT2D eigenvalue weighted by Crippen LogP contribution is -2.36. The fourth-order valence-electron chi connectivity index (χ4n) is 2.59. The number of rotatable bonds is 7. The van der Waals surface area contributed by atoms with E-state index in [-0.39, 0.29) is 12.8 Å². The van der Waals surface area contributed by atoms with Crippen LogP contribution >= 0.6 is 23.4 Å². The van der Waals surface area contributed by atoms with Crippen molar-refractivity contribution in [3.8, 4) is 0 Å². The molecule has 0 unspecified atom stereocenters. The van der Waals surface area contributed by atoms with E-state index in [0.717, 1.165) is 14.7 Å². The first kappa shape index (κ1) is 20.9. The average molecular weight is 433 g/mol. The number of imide groups is 1. The van der Waals surface area contributed by atoms with Gasteiger partial charge in [0.25, 0.3) is 5.91 Å². The molecule has 0 atom stereocenters. The van der Waals surface area contributed by atoms with Crippen LogP contribution in [0.4, 0.5) is 5.69 Å². The summed E-state index contributed by atoms with van der Waals surface area (Å²) in [5.41, 5.74) is 0.568. The Morgan fingerprint density at radius 3 is 2.38 bits per heavy atom. The third-order valence-electron chi connectivity index (χ3n) is 4.01. The highest BCUT2D eigenvalue weighted by atomic mass is 35.5. The third-order valence-corrected chi connectivity index (χ3v) is 5.34. The van der Waals surface area contributed by atoms with Crippen molar-refractivity contribution >= 4 is 52.7 Å². The van der Waals surface area contributed by atoms with Crippen molar-refractivity contribution in [2.45, 2.75) is 22.6 Å². The number of likely N-dealkylation sites (tertiary alicyclic amines) is 1. The Morgan fingerprint density at radius 1 is 1.03 bits per heavy atom. The monoisotopic (exact) mass is 432 g/mol. The minimum atomic E-state index is -0.812. The number of anilines is 1. The van der Waals surface area contributed by atoms with Gasteiger partial charge in [0, 0.05) is 27.7 Å². The van der Waals surface area contributed by atoms with Crippen molar-refractivity contribution in [1.82, 2.24) is 4.90 Å². The number of carbonyl (C=O) groups excluding carboxylic acids is 4. The molecule has 0 saturated carbocycles. The van der Waals surface area contributed by atoms with Crippen molar-refractivity contribution in [1.29, 1.82) is 0 Å². The van der Waals surface area contributed by atoms with Gasteiger partial charge in [-0.05, 0) is 36.4 Å². The van der Waals surface area contributed by atoms with E-state index in [2.05, 4.69) is 5.32 Å². The molecule has 150 valence electrons. The summed E-state index contributed by atoms with van der Waals surface area (Å²) in [6.45, 7) is -0.997. The third kappa shape index (κ3) is 5.82. The molecule has 1 fully saturated rings. The van der Waals surface area contributed by atoms with Gasteiger partial charge in [0.2, 0.25) is 11.8 Å². The lowest BCUT2D eigenvalue weighted by molar-refractivity contribution is -0.153. The van der Waals surface area contributed by atoms with Gasteiger partial charge < -0.3 is 10.1 Å². The zero-order valence-electron chi connectivity index (χ0n) is 15.2. The molecule has 9 heteroatoms. The Kier molecular flexibility index (Phi) is 6.90. The Hall–Kier alpha value is -2.84. The molecule has 1 aliphatic heterocycles. The van der Waals surface area contributed by atoms with Crippen LogP contribution < -0.4 is 5.32 Å². The molecule has 2 aromatic rings. The summed E-state index contributed by atoms with van der Waals surface area (Å²) in [6, 6.07) is 14.5. The number of ether oxygens (including phenoxy) is 1. The number of amides is 3. The smallest absolute Gasteiger partial charge is 0.326 e. The summed E-state index contributed by atoms with van der Waals surface area (Å²) in [6.07, 6.45) is 0.184. The summed E-state index contributed by atoms with van der Waals surface area (Å²) >= 11 is 7.34. The first-order valence-corrected chi connectivity index (χ1v) is 9.93. The van der Waals surface area contributed by atoms with Crippen LogP contribution in [0, 0.1) is 0 Å². The highest BCUT2D eigenvalue weighted by Gasteiger charge is 2.31. The van der Waals surface area contributed by atoms with Crippen LogP contribution in [0.3, 0.4) is 0 Å². The normalized spacial score (nSPS) is 13.5. The van der Waals surface area contributed by atoms with Gasteiger partial charge in [-0.25, -0.2) is 0 Å². The van der Waals surface area contributed by atoms with Crippen LogP contribution in [0.25, 0.3) is 0 Å². The molecule has 1 aliphatic rings. The number of esters is 1. The Labute approximate surface area is 176 Å². The van der Waals surface area contributed by atoms with E-state index >= 15 is 0 Å². The van der Waals surface area contributed by atoms with Gasteiger partial charge in [0.05, 0.1) is 5.69 Å². The van der Waals surface area contributed by atoms with Gasteiger partial charge in [-0.15, -0.1) is 0 Å². The molecular formula is C20H17ClN2O5S. The molecule has 3 amide bonds. The van der Waals surface area contributed by atoms with E-state index < -0.39 is 36.8 Å². The highest BCUT2D eigenvalue weighted by molar-refractivity contribution is 7.99. The van der Waals surface area contributed by atoms with Gasteiger partial charge in [-0.3, -0.25) is 24.1 Å². The second kappa shape index (κ2) is 9.58. The first-order valence-electron chi connectivity index (χ1n) is 8.73. The average Bonchev–Trinajstić information content (AvgIpc) is 3.01. The summed E-state index contributed by atoms with van der Waals surface area (Å²) in [7, 11) is 0. The number of nitrogens with one attached hydrogen (secondary N) is 1.